The molecule has 116 valence electrons. The molecule has 2 aromatic rings. The molecule has 7 heteroatoms. The van der Waals surface area contributed by atoms with Crippen LogP contribution in [0.1, 0.15) is 32.1 Å². The Bertz CT molecular complexity index is 753. The molecular formula is C15H14Cl2N2O3. The van der Waals surface area contributed by atoms with Crippen LogP contribution in [0.15, 0.2) is 18.3 Å². The van der Waals surface area contributed by atoms with Crippen LogP contribution in [0.2, 0.25) is 10.2 Å². The summed E-state index contributed by atoms with van der Waals surface area (Å²) in [7, 11) is 1.87. The van der Waals surface area contributed by atoms with Crippen molar-refractivity contribution in [2.75, 3.05) is 6.61 Å². The normalized spacial score (nSPS) is 10.6. The number of ether oxygens (including phenoxy) is 1. The minimum atomic E-state index is -0.676. The van der Waals surface area contributed by atoms with Crippen molar-refractivity contribution in [2.45, 2.75) is 13.8 Å². The van der Waals surface area contributed by atoms with Gasteiger partial charge in [-0.15, -0.1) is 0 Å². The number of hydrogen-bond acceptors (Lipinski definition) is 4. The predicted octanol–water partition coefficient (Wildman–Crippen LogP) is 3.38. The lowest BCUT2D eigenvalue weighted by molar-refractivity contribution is 0.0474. The number of hydrogen-bond donors (Lipinski definition) is 0. The van der Waals surface area contributed by atoms with E-state index in [1.165, 1.54) is 12.3 Å². The molecule has 0 atom stereocenters. The second-order valence-electron chi connectivity index (χ2n) is 4.84. The van der Waals surface area contributed by atoms with Gasteiger partial charge in [-0.2, -0.15) is 0 Å². The van der Waals surface area contributed by atoms with E-state index < -0.39 is 5.97 Å². The summed E-state index contributed by atoms with van der Waals surface area (Å²) in [5.74, 6) is -0.938. The average molecular weight is 341 g/mol. The van der Waals surface area contributed by atoms with Crippen LogP contribution < -0.4 is 0 Å². The standard InChI is InChI=1S/C15H14Cl2N2O3/c1-8-4-11(9(2)19(8)3)13(20)7-22-15(21)10-5-12(16)14(17)18-6-10/h4-6H,7H2,1-3H3. The van der Waals surface area contributed by atoms with E-state index in [1.807, 2.05) is 25.5 Å². The smallest absolute Gasteiger partial charge is 0.340 e. The minimum Gasteiger partial charge on any atom is -0.454 e. The molecule has 0 fully saturated rings. The van der Waals surface area contributed by atoms with Gasteiger partial charge in [-0.3, -0.25) is 4.79 Å². The van der Waals surface area contributed by atoms with Gasteiger partial charge in [0.15, 0.2) is 6.61 Å². The molecule has 0 aromatic carbocycles. The summed E-state index contributed by atoms with van der Waals surface area (Å²) < 4.78 is 6.90. The fourth-order valence-electron chi connectivity index (χ4n) is 1.96. The topological polar surface area (TPSA) is 61.2 Å². The van der Waals surface area contributed by atoms with Crippen molar-refractivity contribution in [3.8, 4) is 0 Å². The van der Waals surface area contributed by atoms with Crippen LogP contribution in [0.5, 0.6) is 0 Å². The number of carbonyl (C=O) groups is 2. The van der Waals surface area contributed by atoms with Crippen molar-refractivity contribution >= 4 is 35.0 Å². The SMILES string of the molecule is Cc1cc(C(=O)COC(=O)c2cnc(Cl)c(Cl)c2)c(C)n1C. The molecule has 0 saturated carbocycles. The number of esters is 1. The average Bonchev–Trinajstić information content (AvgIpc) is 2.75. The van der Waals surface area contributed by atoms with Crippen LogP contribution in [-0.2, 0) is 11.8 Å². The highest BCUT2D eigenvalue weighted by atomic mass is 35.5. The molecule has 2 aromatic heterocycles. The summed E-state index contributed by atoms with van der Waals surface area (Å²) in [5.41, 5.74) is 2.47. The van der Waals surface area contributed by atoms with Gasteiger partial charge in [0, 0.05) is 30.2 Å². The van der Waals surface area contributed by atoms with Gasteiger partial charge in [0.1, 0.15) is 5.15 Å². The van der Waals surface area contributed by atoms with Gasteiger partial charge in [0.2, 0.25) is 5.78 Å². The number of aromatic nitrogens is 2. The number of nitrogens with zero attached hydrogens (tertiary/aromatic N) is 2. The highest BCUT2D eigenvalue weighted by molar-refractivity contribution is 6.41. The van der Waals surface area contributed by atoms with Crippen LogP contribution in [0.4, 0.5) is 0 Å². The second-order valence-corrected chi connectivity index (χ2v) is 5.60. The van der Waals surface area contributed by atoms with Crippen molar-refractivity contribution in [1.29, 1.82) is 0 Å². The van der Waals surface area contributed by atoms with E-state index in [2.05, 4.69) is 4.98 Å². The monoisotopic (exact) mass is 340 g/mol. The highest BCUT2D eigenvalue weighted by Gasteiger charge is 2.17. The molecule has 0 aliphatic carbocycles. The van der Waals surface area contributed by atoms with Gasteiger partial charge in [-0.05, 0) is 26.0 Å². The quantitative estimate of drug-likeness (QED) is 0.486. The fourth-order valence-corrected chi connectivity index (χ4v) is 2.23. The van der Waals surface area contributed by atoms with Crippen molar-refractivity contribution in [1.82, 2.24) is 9.55 Å². The third-order valence-corrected chi connectivity index (χ3v) is 4.13. The highest BCUT2D eigenvalue weighted by Crippen LogP contribution is 2.20. The Labute approximate surface area is 137 Å². The Hall–Kier alpha value is -1.85. The largest absolute Gasteiger partial charge is 0.454 e. The lowest BCUT2D eigenvalue weighted by atomic mass is 10.1. The van der Waals surface area contributed by atoms with Crippen LogP contribution in [-0.4, -0.2) is 27.9 Å². The van der Waals surface area contributed by atoms with E-state index in [-0.39, 0.29) is 28.1 Å². The van der Waals surface area contributed by atoms with Crippen LogP contribution in [0, 0.1) is 13.8 Å². The molecular weight excluding hydrogens is 327 g/mol. The Morgan fingerprint density at radius 1 is 1.27 bits per heavy atom. The van der Waals surface area contributed by atoms with E-state index in [0.29, 0.717) is 5.56 Å². The van der Waals surface area contributed by atoms with Gasteiger partial charge < -0.3 is 9.30 Å². The molecule has 0 N–H and O–H groups in total. The minimum absolute atomic E-state index is 0.102. The van der Waals surface area contributed by atoms with Gasteiger partial charge in [0.25, 0.3) is 0 Å². The third-order valence-electron chi connectivity index (χ3n) is 3.44. The summed E-state index contributed by atoms with van der Waals surface area (Å²) >= 11 is 11.5. The summed E-state index contributed by atoms with van der Waals surface area (Å²) in [6.07, 6.45) is 1.25. The van der Waals surface area contributed by atoms with Crippen molar-refractivity contribution in [3.05, 3.63) is 51.0 Å². The van der Waals surface area contributed by atoms with E-state index >= 15 is 0 Å². The maximum absolute atomic E-state index is 12.1. The first-order valence-corrected chi connectivity index (χ1v) is 7.21. The Kier molecular flexibility index (Phi) is 4.88. The van der Waals surface area contributed by atoms with E-state index in [0.717, 1.165) is 11.4 Å². The number of ketones is 1. The van der Waals surface area contributed by atoms with Crippen molar-refractivity contribution < 1.29 is 14.3 Å². The van der Waals surface area contributed by atoms with Crippen molar-refractivity contribution in [2.24, 2.45) is 7.05 Å². The third kappa shape index (κ3) is 3.31. The van der Waals surface area contributed by atoms with Gasteiger partial charge >= 0.3 is 5.97 Å². The Morgan fingerprint density at radius 2 is 1.95 bits per heavy atom. The fraction of sp³-hybridized carbons (Fsp3) is 0.267. The summed E-state index contributed by atoms with van der Waals surface area (Å²) in [4.78, 5) is 27.8. The van der Waals surface area contributed by atoms with Gasteiger partial charge in [-0.1, -0.05) is 23.2 Å². The molecule has 0 unspecified atom stereocenters. The zero-order chi connectivity index (χ0) is 16.4. The molecule has 0 aliphatic rings. The van der Waals surface area contributed by atoms with E-state index in [9.17, 15) is 9.59 Å². The van der Waals surface area contributed by atoms with E-state index in [1.54, 1.807) is 6.07 Å². The summed E-state index contributed by atoms with van der Waals surface area (Å²) in [6, 6.07) is 3.12. The number of aryl methyl sites for hydroxylation is 1. The molecule has 2 rings (SSSR count). The number of rotatable bonds is 4. The first-order chi connectivity index (χ1) is 10.3. The van der Waals surface area contributed by atoms with Gasteiger partial charge in [-0.25, -0.2) is 9.78 Å². The number of halogens is 2. The molecule has 0 radical (unpaired) electrons. The summed E-state index contributed by atoms with van der Waals surface area (Å²) in [6.45, 7) is 3.39. The molecule has 0 saturated heterocycles. The van der Waals surface area contributed by atoms with Crippen LogP contribution >= 0.6 is 23.2 Å². The lowest BCUT2D eigenvalue weighted by Crippen LogP contribution is -2.15. The molecule has 5 nitrogen and oxygen atoms in total. The maximum Gasteiger partial charge on any atom is 0.340 e. The van der Waals surface area contributed by atoms with E-state index in [4.69, 9.17) is 27.9 Å². The maximum atomic E-state index is 12.1. The lowest BCUT2D eigenvalue weighted by Gasteiger charge is -2.05. The predicted molar refractivity (Wildman–Crippen MR) is 83.8 cm³/mol. The van der Waals surface area contributed by atoms with Crippen LogP contribution in [0.3, 0.4) is 0 Å². The molecule has 0 spiro atoms. The van der Waals surface area contributed by atoms with Crippen molar-refractivity contribution in [3.63, 3.8) is 0 Å². The number of Topliss-reactive ketones (excluding diaryl/α,β-unsaturated/α-hetero) is 1. The molecule has 0 aliphatic heterocycles. The van der Waals surface area contributed by atoms with Gasteiger partial charge in [0.05, 0.1) is 10.6 Å². The number of pyridine rings is 1. The van der Waals surface area contributed by atoms with Crippen LogP contribution in [0.25, 0.3) is 0 Å². The molecule has 0 amide bonds. The zero-order valence-electron chi connectivity index (χ0n) is 12.3. The number of carbonyl (C=O) groups excluding carboxylic acids is 2. The molecule has 0 bridgehead atoms. The first-order valence-electron chi connectivity index (χ1n) is 6.45. The zero-order valence-corrected chi connectivity index (χ0v) is 13.8. The molecule has 2 heterocycles. The Balaban J connectivity index is 2.05. The molecule has 22 heavy (non-hydrogen) atoms. The Morgan fingerprint density at radius 3 is 2.50 bits per heavy atom. The first kappa shape index (κ1) is 16.5. The summed E-state index contributed by atoms with van der Waals surface area (Å²) in [5, 5.41) is 0.252. The second kappa shape index (κ2) is 6.50.